The number of carbonyl (C=O) groups is 3. The van der Waals surface area contributed by atoms with Crippen LogP contribution in [0.15, 0.2) is 36.5 Å². The topological polar surface area (TPSA) is 78.9 Å². The van der Waals surface area contributed by atoms with Crippen molar-refractivity contribution in [3.05, 3.63) is 36.5 Å². The van der Waals surface area contributed by atoms with Gasteiger partial charge in [-0.25, -0.2) is 0 Å². The first kappa shape index (κ1) is 52.6. The summed E-state index contributed by atoms with van der Waals surface area (Å²) in [5.74, 6) is -0.935. The van der Waals surface area contributed by atoms with Crippen molar-refractivity contribution >= 4 is 17.9 Å². The smallest absolute Gasteiger partial charge is 0.306 e. The van der Waals surface area contributed by atoms with Crippen LogP contribution in [0.2, 0.25) is 0 Å². The number of carbonyl (C=O) groups excluding carboxylic acids is 3. The molecule has 320 valence electrons. The molecule has 0 aliphatic rings. The van der Waals surface area contributed by atoms with Gasteiger partial charge in [-0.05, 0) is 83.5 Å². The van der Waals surface area contributed by atoms with Crippen LogP contribution in [0, 0.1) is 0 Å². The summed E-state index contributed by atoms with van der Waals surface area (Å²) in [5, 5.41) is 0. The van der Waals surface area contributed by atoms with Crippen LogP contribution in [0.1, 0.15) is 239 Å². The maximum atomic E-state index is 12.7. The van der Waals surface area contributed by atoms with E-state index in [9.17, 15) is 14.4 Å². The number of hydrogen-bond acceptors (Lipinski definition) is 6. The van der Waals surface area contributed by atoms with E-state index in [2.05, 4.69) is 57.2 Å². The van der Waals surface area contributed by atoms with Crippen LogP contribution < -0.4 is 0 Å². The number of allylic oxidation sites excluding steroid dienone is 6. The molecule has 0 bridgehead atoms. The zero-order valence-corrected chi connectivity index (χ0v) is 36.4. The third-order valence-electron chi connectivity index (χ3n) is 10.1. The molecule has 0 heterocycles. The minimum Gasteiger partial charge on any atom is -0.462 e. The Labute approximate surface area is 340 Å². The second kappa shape index (κ2) is 44.3. The quantitative estimate of drug-likeness (QED) is 0.0266. The Balaban J connectivity index is 4.33. The highest BCUT2D eigenvalue weighted by atomic mass is 16.6. The molecule has 0 saturated carbocycles. The first-order valence-electron chi connectivity index (χ1n) is 23.5. The Hall–Kier alpha value is -2.37. The lowest BCUT2D eigenvalue weighted by Gasteiger charge is -2.18. The van der Waals surface area contributed by atoms with Crippen molar-refractivity contribution in [1.82, 2.24) is 0 Å². The van der Waals surface area contributed by atoms with Crippen molar-refractivity contribution in [2.24, 2.45) is 0 Å². The highest BCUT2D eigenvalue weighted by Gasteiger charge is 2.19. The van der Waals surface area contributed by atoms with Gasteiger partial charge in [0.05, 0.1) is 0 Å². The van der Waals surface area contributed by atoms with E-state index in [4.69, 9.17) is 14.2 Å². The van der Waals surface area contributed by atoms with E-state index in [1.165, 1.54) is 128 Å². The molecule has 1 unspecified atom stereocenters. The van der Waals surface area contributed by atoms with E-state index >= 15 is 0 Å². The van der Waals surface area contributed by atoms with E-state index in [1.54, 1.807) is 0 Å². The SMILES string of the molecule is CCCC/C=C\CCCCCCCC(=O)OC(COC(=O)CCC/C=C\CCCCCC)COC(=O)CCCCCCCCC/C=C\CCCCCCCC. The molecule has 0 rings (SSSR count). The summed E-state index contributed by atoms with van der Waals surface area (Å²) < 4.78 is 16.6. The Kier molecular flexibility index (Phi) is 42.4. The van der Waals surface area contributed by atoms with Gasteiger partial charge >= 0.3 is 17.9 Å². The van der Waals surface area contributed by atoms with Crippen molar-refractivity contribution in [3.8, 4) is 0 Å². The molecule has 0 N–H and O–H groups in total. The fourth-order valence-electron chi connectivity index (χ4n) is 6.48. The van der Waals surface area contributed by atoms with E-state index < -0.39 is 6.10 Å². The van der Waals surface area contributed by atoms with Gasteiger partial charge in [0.1, 0.15) is 13.2 Å². The van der Waals surface area contributed by atoms with Crippen LogP contribution >= 0.6 is 0 Å². The molecule has 0 amide bonds. The van der Waals surface area contributed by atoms with Crippen LogP contribution in [0.4, 0.5) is 0 Å². The Morgan fingerprint density at radius 1 is 0.345 bits per heavy atom. The molecule has 0 spiro atoms. The number of rotatable bonds is 42. The van der Waals surface area contributed by atoms with Gasteiger partial charge in [-0.15, -0.1) is 0 Å². The molecule has 1 atom stereocenters. The molecule has 0 aromatic rings. The normalized spacial score (nSPS) is 12.3. The number of esters is 3. The molecule has 6 nitrogen and oxygen atoms in total. The maximum absolute atomic E-state index is 12.7. The Morgan fingerprint density at radius 2 is 0.636 bits per heavy atom. The molecule has 0 aliphatic carbocycles. The van der Waals surface area contributed by atoms with Crippen LogP contribution in [0.5, 0.6) is 0 Å². The molecule has 6 heteroatoms. The van der Waals surface area contributed by atoms with Gasteiger partial charge in [0.15, 0.2) is 6.10 Å². The maximum Gasteiger partial charge on any atom is 0.306 e. The van der Waals surface area contributed by atoms with Gasteiger partial charge in [-0.1, -0.05) is 173 Å². The predicted molar refractivity (Wildman–Crippen MR) is 233 cm³/mol. The average Bonchev–Trinajstić information content (AvgIpc) is 3.18. The van der Waals surface area contributed by atoms with Gasteiger partial charge in [0.25, 0.3) is 0 Å². The predicted octanol–water partition coefficient (Wildman–Crippen LogP) is 15.0. The van der Waals surface area contributed by atoms with Crippen molar-refractivity contribution < 1.29 is 28.6 Å². The lowest BCUT2D eigenvalue weighted by molar-refractivity contribution is -0.167. The molecule has 0 fully saturated rings. The molecule has 0 aliphatic heterocycles. The minimum absolute atomic E-state index is 0.0855. The summed E-state index contributed by atoms with van der Waals surface area (Å²) in [6.45, 7) is 6.52. The summed E-state index contributed by atoms with van der Waals surface area (Å²) in [6, 6.07) is 0. The van der Waals surface area contributed by atoms with Crippen molar-refractivity contribution in [2.45, 2.75) is 245 Å². The van der Waals surface area contributed by atoms with Crippen LogP contribution in [0.3, 0.4) is 0 Å². The first-order chi connectivity index (χ1) is 27.0. The third kappa shape index (κ3) is 42.6. The standard InChI is InChI=1S/C49H88O6/c1-4-7-10-13-16-19-21-22-23-24-25-26-28-30-33-36-39-42-48(51)54-45-46(44-53-47(50)41-38-35-32-29-18-15-12-9-6-3)55-49(52)43-40-37-34-31-27-20-17-14-11-8-5-2/h14,17,22-23,29,32,46H,4-13,15-16,18-21,24-28,30-31,33-45H2,1-3H3/b17-14-,23-22-,32-29-. The van der Waals surface area contributed by atoms with Gasteiger partial charge in [-0.2, -0.15) is 0 Å². The van der Waals surface area contributed by atoms with Gasteiger partial charge in [-0.3, -0.25) is 14.4 Å². The summed E-state index contributed by atoms with van der Waals surface area (Å²) in [5.41, 5.74) is 0. The molecule has 0 saturated heterocycles. The lowest BCUT2D eigenvalue weighted by Crippen LogP contribution is -2.30. The highest BCUT2D eigenvalue weighted by Crippen LogP contribution is 2.14. The fourth-order valence-corrected chi connectivity index (χ4v) is 6.48. The van der Waals surface area contributed by atoms with Gasteiger partial charge in [0.2, 0.25) is 0 Å². The van der Waals surface area contributed by atoms with Crippen LogP contribution in [-0.2, 0) is 28.6 Å². The van der Waals surface area contributed by atoms with Crippen LogP contribution in [0.25, 0.3) is 0 Å². The minimum atomic E-state index is -0.784. The van der Waals surface area contributed by atoms with Crippen LogP contribution in [-0.4, -0.2) is 37.2 Å². The van der Waals surface area contributed by atoms with E-state index in [0.29, 0.717) is 19.3 Å². The third-order valence-corrected chi connectivity index (χ3v) is 10.1. The first-order valence-corrected chi connectivity index (χ1v) is 23.5. The highest BCUT2D eigenvalue weighted by molar-refractivity contribution is 5.71. The zero-order chi connectivity index (χ0) is 40.1. The average molecular weight is 773 g/mol. The summed E-state index contributed by atoms with van der Waals surface area (Å²) in [7, 11) is 0. The monoisotopic (exact) mass is 773 g/mol. The second-order valence-corrected chi connectivity index (χ2v) is 15.7. The Bertz CT molecular complexity index is 938. The lowest BCUT2D eigenvalue weighted by atomic mass is 10.1. The van der Waals surface area contributed by atoms with Crippen molar-refractivity contribution in [2.75, 3.05) is 13.2 Å². The molecule has 0 aromatic carbocycles. The molecular weight excluding hydrogens is 685 g/mol. The summed E-state index contributed by atoms with van der Waals surface area (Å²) in [4.78, 5) is 37.7. The largest absolute Gasteiger partial charge is 0.462 e. The van der Waals surface area contributed by atoms with Gasteiger partial charge < -0.3 is 14.2 Å². The van der Waals surface area contributed by atoms with E-state index in [0.717, 1.165) is 70.6 Å². The summed E-state index contributed by atoms with van der Waals surface area (Å²) >= 11 is 0. The number of unbranched alkanes of at least 4 members (excludes halogenated alkanes) is 25. The number of hydrogen-bond donors (Lipinski definition) is 0. The molecule has 0 radical (unpaired) electrons. The van der Waals surface area contributed by atoms with Crippen molar-refractivity contribution in [3.63, 3.8) is 0 Å². The zero-order valence-electron chi connectivity index (χ0n) is 36.4. The Morgan fingerprint density at radius 3 is 1.05 bits per heavy atom. The number of ether oxygens (including phenoxy) is 3. The molecule has 0 aromatic heterocycles. The van der Waals surface area contributed by atoms with E-state index in [-0.39, 0.29) is 31.1 Å². The second-order valence-electron chi connectivity index (χ2n) is 15.7. The molecular formula is C49H88O6. The van der Waals surface area contributed by atoms with Crippen molar-refractivity contribution in [1.29, 1.82) is 0 Å². The summed E-state index contributed by atoms with van der Waals surface area (Å²) in [6.07, 6.45) is 49.9. The van der Waals surface area contributed by atoms with E-state index in [1.807, 2.05) is 0 Å². The molecule has 55 heavy (non-hydrogen) atoms. The fraction of sp³-hybridized carbons (Fsp3) is 0.816. The van der Waals surface area contributed by atoms with Gasteiger partial charge in [0, 0.05) is 19.3 Å².